The van der Waals surface area contributed by atoms with E-state index in [0.717, 1.165) is 18.9 Å². The number of carbonyl (C=O) groups excluding carboxylic acids is 1. The van der Waals surface area contributed by atoms with Gasteiger partial charge in [-0.05, 0) is 6.54 Å². The van der Waals surface area contributed by atoms with Gasteiger partial charge in [0.15, 0.2) is 0 Å². The van der Waals surface area contributed by atoms with Crippen molar-refractivity contribution in [3.63, 3.8) is 0 Å². The fraction of sp³-hybridized carbons (Fsp3) is 0.500. The molecule has 0 aliphatic carbocycles. The quantitative estimate of drug-likeness (QED) is 0.888. The van der Waals surface area contributed by atoms with E-state index in [0.29, 0.717) is 18.9 Å². The summed E-state index contributed by atoms with van der Waals surface area (Å²) in [6.07, 6.45) is 5.23. The van der Waals surface area contributed by atoms with Crippen LogP contribution < -0.4 is 5.32 Å². The zero-order valence-corrected chi connectivity index (χ0v) is 12.9. The molecule has 0 saturated carbocycles. The molecule has 1 atom stereocenters. The number of piperazine rings is 1. The van der Waals surface area contributed by atoms with Gasteiger partial charge in [-0.2, -0.15) is 5.10 Å². The van der Waals surface area contributed by atoms with E-state index in [9.17, 15) is 4.79 Å². The van der Waals surface area contributed by atoms with Gasteiger partial charge >= 0.3 is 6.03 Å². The van der Waals surface area contributed by atoms with Crippen LogP contribution in [0.4, 0.5) is 10.6 Å². The first-order valence-corrected chi connectivity index (χ1v) is 7.46. The zero-order valence-electron chi connectivity index (χ0n) is 12.9. The Hall–Kier alpha value is -2.35. The van der Waals surface area contributed by atoms with Crippen molar-refractivity contribution in [3.05, 3.63) is 30.5 Å². The van der Waals surface area contributed by atoms with Crippen LogP contribution in [0.3, 0.4) is 0 Å². The number of nitrogens with zero attached hydrogens (tertiary/aromatic N) is 5. The Morgan fingerprint density at radius 1 is 1.45 bits per heavy atom. The Bertz CT molecular complexity index is 621. The van der Waals surface area contributed by atoms with E-state index in [4.69, 9.17) is 0 Å². The molecule has 0 spiro atoms. The van der Waals surface area contributed by atoms with Crippen LogP contribution in [0.2, 0.25) is 0 Å². The summed E-state index contributed by atoms with van der Waals surface area (Å²) in [5.74, 6) is 1.59. The van der Waals surface area contributed by atoms with Crippen molar-refractivity contribution < 1.29 is 4.79 Å². The van der Waals surface area contributed by atoms with Gasteiger partial charge in [0.25, 0.3) is 0 Å². The van der Waals surface area contributed by atoms with Gasteiger partial charge in [-0.25, -0.2) is 9.78 Å². The first-order chi connectivity index (χ1) is 10.7. The number of nitrogens with one attached hydrogen (secondary N) is 2. The van der Waals surface area contributed by atoms with Crippen molar-refractivity contribution in [2.75, 3.05) is 31.5 Å². The molecule has 1 fully saturated rings. The van der Waals surface area contributed by atoms with Crippen molar-refractivity contribution in [1.82, 2.24) is 29.5 Å². The van der Waals surface area contributed by atoms with E-state index < -0.39 is 0 Å². The molecule has 1 unspecified atom stereocenters. The lowest BCUT2D eigenvalue weighted by Gasteiger charge is -2.39. The summed E-state index contributed by atoms with van der Waals surface area (Å²) in [4.78, 5) is 24.1. The van der Waals surface area contributed by atoms with Crippen molar-refractivity contribution in [1.29, 1.82) is 0 Å². The minimum absolute atomic E-state index is 0.101. The van der Waals surface area contributed by atoms with Crippen LogP contribution in [0.5, 0.6) is 0 Å². The maximum Gasteiger partial charge on any atom is 0.323 e. The average Bonchev–Trinajstić information content (AvgIpc) is 3.19. The number of anilines is 1. The molecule has 2 aromatic heterocycles. The van der Waals surface area contributed by atoms with Gasteiger partial charge in [-0.15, -0.1) is 0 Å². The molecule has 1 aliphatic rings. The second-order valence-electron chi connectivity index (χ2n) is 5.34. The summed E-state index contributed by atoms with van der Waals surface area (Å²) < 4.78 is 1.64. The molecule has 8 nitrogen and oxygen atoms in total. The van der Waals surface area contributed by atoms with Crippen LogP contribution in [0.1, 0.15) is 18.8 Å². The highest BCUT2D eigenvalue weighted by Crippen LogP contribution is 2.22. The second kappa shape index (κ2) is 6.18. The first-order valence-electron chi connectivity index (χ1n) is 7.46. The Morgan fingerprint density at radius 3 is 2.95 bits per heavy atom. The van der Waals surface area contributed by atoms with E-state index in [1.54, 1.807) is 30.2 Å². The van der Waals surface area contributed by atoms with Crippen LogP contribution in [-0.2, 0) is 7.05 Å². The fourth-order valence-corrected chi connectivity index (χ4v) is 2.79. The topological polar surface area (TPSA) is 82.1 Å². The molecule has 3 heterocycles. The summed E-state index contributed by atoms with van der Waals surface area (Å²) in [5.41, 5.74) is 0. The van der Waals surface area contributed by atoms with Gasteiger partial charge in [0, 0.05) is 45.1 Å². The van der Waals surface area contributed by atoms with Gasteiger partial charge < -0.3 is 9.88 Å². The Balaban J connectivity index is 1.70. The molecule has 0 radical (unpaired) electrons. The number of hydrogen-bond donors (Lipinski definition) is 2. The Labute approximate surface area is 129 Å². The zero-order chi connectivity index (χ0) is 15.5. The number of carbonyl (C=O) groups is 1. The number of aryl methyl sites for hydroxylation is 1. The standard InChI is InChI=1S/C14H21N7O/c1-3-20-8-9-21(10-11(20)13-15-6-7-16-13)14(22)18-12-4-5-17-19(12)2/h4-7,11H,3,8-10H2,1-2H3,(H,15,16)(H,18,22). The predicted molar refractivity (Wildman–Crippen MR) is 82.4 cm³/mol. The number of imidazole rings is 1. The van der Waals surface area contributed by atoms with E-state index in [1.165, 1.54) is 0 Å². The maximum atomic E-state index is 12.5. The third kappa shape index (κ3) is 2.82. The SMILES string of the molecule is CCN1CCN(C(=O)Nc2ccnn2C)CC1c1ncc[nH]1. The van der Waals surface area contributed by atoms with E-state index >= 15 is 0 Å². The number of aromatic amines is 1. The minimum atomic E-state index is -0.101. The molecule has 2 amide bonds. The highest BCUT2D eigenvalue weighted by molar-refractivity contribution is 5.88. The lowest BCUT2D eigenvalue weighted by molar-refractivity contribution is 0.0946. The molecule has 2 aromatic rings. The lowest BCUT2D eigenvalue weighted by atomic mass is 10.1. The number of likely N-dealkylation sites (N-methyl/N-ethyl adjacent to an activating group) is 1. The summed E-state index contributed by atoms with van der Waals surface area (Å²) in [6, 6.07) is 1.78. The van der Waals surface area contributed by atoms with Crippen molar-refractivity contribution in [2.45, 2.75) is 13.0 Å². The van der Waals surface area contributed by atoms with Crippen LogP contribution in [0, 0.1) is 0 Å². The minimum Gasteiger partial charge on any atom is -0.347 e. The monoisotopic (exact) mass is 303 g/mol. The summed E-state index contributed by atoms with van der Waals surface area (Å²) in [7, 11) is 1.80. The first kappa shape index (κ1) is 14.6. The van der Waals surface area contributed by atoms with Crippen LogP contribution in [0.15, 0.2) is 24.7 Å². The molecule has 3 rings (SSSR count). The third-order valence-corrected chi connectivity index (χ3v) is 4.08. The second-order valence-corrected chi connectivity index (χ2v) is 5.34. The fourth-order valence-electron chi connectivity index (χ4n) is 2.79. The van der Waals surface area contributed by atoms with Gasteiger partial charge in [-0.3, -0.25) is 14.9 Å². The molecule has 0 bridgehead atoms. The van der Waals surface area contributed by atoms with Gasteiger partial charge in [-0.1, -0.05) is 6.92 Å². The number of hydrogen-bond acceptors (Lipinski definition) is 4. The van der Waals surface area contributed by atoms with Gasteiger partial charge in [0.2, 0.25) is 0 Å². The summed E-state index contributed by atoms with van der Waals surface area (Å²) in [5, 5.41) is 6.95. The maximum absolute atomic E-state index is 12.5. The molecule has 118 valence electrons. The Morgan fingerprint density at radius 2 is 2.32 bits per heavy atom. The van der Waals surface area contributed by atoms with Crippen LogP contribution in [0.25, 0.3) is 0 Å². The third-order valence-electron chi connectivity index (χ3n) is 4.08. The number of amides is 2. The molecule has 1 saturated heterocycles. The number of urea groups is 1. The normalized spacial score (nSPS) is 19.4. The van der Waals surface area contributed by atoms with Gasteiger partial charge in [0.05, 0.1) is 12.2 Å². The molecule has 8 heteroatoms. The molecular weight excluding hydrogens is 282 g/mol. The lowest BCUT2D eigenvalue weighted by Crippen LogP contribution is -2.51. The van der Waals surface area contributed by atoms with Gasteiger partial charge in [0.1, 0.15) is 11.6 Å². The van der Waals surface area contributed by atoms with Crippen LogP contribution >= 0.6 is 0 Å². The molecular formula is C14H21N7O. The average molecular weight is 303 g/mol. The predicted octanol–water partition coefficient (Wildman–Crippen LogP) is 1.05. The number of H-pyrrole nitrogens is 1. The Kier molecular flexibility index (Phi) is 4.10. The van der Waals surface area contributed by atoms with E-state index in [1.807, 2.05) is 11.1 Å². The molecule has 1 aliphatic heterocycles. The largest absolute Gasteiger partial charge is 0.347 e. The summed E-state index contributed by atoms with van der Waals surface area (Å²) in [6.45, 7) is 5.21. The van der Waals surface area contributed by atoms with Crippen LogP contribution in [-0.4, -0.2) is 61.8 Å². The van der Waals surface area contributed by atoms with E-state index in [2.05, 4.69) is 32.2 Å². The molecule has 22 heavy (non-hydrogen) atoms. The number of rotatable bonds is 3. The van der Waals surface area contributed by atoms with E-state index in [-0.39, 0.29) is 12.1 Å². The van der Waals surface area contributed by atoms with Crippen molar-refractivity contribution in [3.8, 4) is 0 Å². The van der Waals surface area contributed by atoms with Crippen molar-refractivity contribution in [2.24, 2.45) is 7.05 Å². The smallest absolute Gasteiger partial charge is 0.323 e. The summed E-state index contributed by atoms with van der Waals surface area (Å²) >= 11 is 0. The highest BCUT2D eigenvalue weighted by Gasteiger charge is 2.31. The molecule has 2 N–H and O–H groups in total. The highest BCUT2D eigenvalue weighted by atomic mass is 16.2. The molecule has 0 aromatic carbocycles. The van der Waals surface area contributed by atoms with Crippen molar-refractivity contribution >= 4 is 11.8 Å². The number of aromatic nitrogens is 4.